The predicted octanol–water partition coefficient (Wildman–Crippen LogP) is 0.789. The third-order valence-electron chi connectivity index (χ3n) is 1.38. The van der Waals surface area contributed by atoms with Gasteiger partial charge in [-0.25, -0.2) is 9.97 Å². The second kappa shape index (κ2) is 4.01. The van der Waals surface area contributed by atoms with Gasteiger partial charge in [-0.1, -0.05) is 0 Å². The molecule has 0 radical (unpaired) electrons. The van der Waals surface area contributed by atoms with Crippen molar-refractivity contribution in [3.05, 3.63) is 18.1 Å². The molecule has 1 heterocycles. The van der Waals surface area contributed by atoms with Crippen LogP contribution in [0.5, 0.6) is 0 Å². The van der Waals surface area contributed by atoms with Crippen LogP contribution in [0, 0.1) is 0 Å². The molecule has 0 saturated carbocycles. The van der Waals surface area contributed by atoms with Gasteiger partial charge in [-0.2, -0.15) is 0 Å². The fraction of sp³-hybridized carbons (Fsp3) is 0.500. The molecule has 1 aromatic heterocycles. The van der Waals surface area contributed by atoms with E-state index < -0.39 is 0 Å². The molecule has 12 heavy (non-hydrogen) atoms. The first-order chi connectivity index (χ1) is 5.74. The minimum atomic E-state index is -0.0319. The average molecular weight is 167 g/mol. The molecular formula is C8H13N3O. The summed E-state index contributed by atoms with van der Waals surface area (Å²) >= 11 is 0. The van der Waals surface area contributed by atoms with Crippen LogP contribution in [0.25, 0.3) is 0 Å². The Labute approximate surface area is 71.7 Å². The van der Waals surface area contributed by atoms with Crippen LogP contribution in [-0.2, 0) is 6.61 Å². The van der Waals surface area contributed by atoms with Crippen LogP contribution in [0.2, 0.25) is 0 Å². The lowest BCUT2D eigenvalue weighted by atomic mass is 10.3. The van der Waals surface area contributed by atoms with Gasteiger partial charge in [0.25, 0.3) is 0 Å². The second-order valence-electron chi connectivity index (χ2n) is 2.85. The molecule has 2 N–H and O–H groups in total. The third-order valence-corrected chi connectivity index (χ3v) is 1.38. The Morgan fingerprint density at radius 3 is 2.92 bits per heavy atom. The summed E-state index contributed by atoms with van der Waals surface area (Å²) in [5, 5.41) is 12.0. The molecule has 0 bridgehead atoms. The van der Waals surface area contributed by atoms with Crippen LogP contribution in [0.3, 0.4) is 0 Å². The number of aromatic nitrogens is 2. The standard InChI is InChI=1S/C8H13N3O/c1-6(2)11-8-7(4-12)3-9-5-10-8/h3,5-6,12H,4H2,1-2H3,(H,9,10,11). The van der Waals surface area contributed by atoms with Gasteiger partial charge in [0.2, 0.25) is 0 Å². The zero-order chi connectivity index (χ0) is 8.97. The van der Waals surface area contributed by atoms with E-state index in [4.69, 9.17) is 5.11 Å². The summed E-state index contributed by atoms with van der Waals surface area (Å²) in [5.41, 5.74) is 0.728. The quantitative estimate of drug-likeness (QED) is 0.698. The summed E-state index contributed by atoms with van der Waals surface area (Å²) in [6, 6.07) is 0.310. The predicted molar refractivity (Wildman–Crippen MR) is 46.7 cm³/mol. The smallest absolute Gasteiger partial charge is 0.135 e. The van der Waals surface area contributed by atoms with E-state index in [-0.39, 0.29) is 6.61 Å². The minimum absolute atomic E-state index is 0.0319. The zero-order valence-electron chi connectivity index (χ0n) is 7.28. The normalized spacial score (nSPS) is 10.3. The van der Waals surface area contributed by atoms with Crippen molar-refractivity contribution in [2.45, 2.75) is 26.5 Å². The van der Waals surface area contributed by atoms with Crippen LogP contribution in [0.1, 0.15) is 19.4 Å². The van der Waals surface area contributed by atoms with Crippen molar-refractivity contribution in [3.63, 3.8) is 0 Å². The molecule has 0 aliphatic rings. The number of nitrogens with one attached hydrogen (secondary N) is 1. The first-order valence-corrected chi connectivity index (χ1v) is 3.90. The Hall–Kier alpha value is -1.16. The number of aliphatic hydroxyl groups excluding tert-OH is 1. The van der Waals surface area contributed by atoms with Crippen molar-refractivity contribution < 1.29 is 5.11 Å². The molecule has 0 saturated heterocycles. The van der Waals surface area contributed by atoms with E-state index in [9.17, 15) is 0 Å². The topological polar surface area (TPSA) is 58.0 Å². The van der Waals surface area contributed by atoms with Crippen molar-refractivity contribution in [2.24, 2.45) is 0 Å². The number of hydrogen-bond donors (Lipinski definition) is 2. The molecule has 0 amide bonds. The highest BCUT2D eigenvalue weighted by molar-refractivity contribution is 5.42. The Morgan fingerprint density at radius 2 is 2.33 bits per heavy atom. The van der Waals surface area contributed by atoms with E-state index >= 15 is 0 Å². The largest absolute Gasteiger partial charge is 0.391 e. The van der Waals surface area contributed by atoms with Crippen LogP contribution >= 0.6 is 0 Å². The SMILES string of the molecule is CC(C)Nc1ncncc1CO. The van der Waals surface area contributed by atoms with Gasteiger partial charge in [-0.05, 0) is 13.8 Å². The number of anilines is 1. The maximum Gasteiger partial charge on any atom is 0.135 e. The summed E-state index contributed by atoms with van der Waals surface area (Å²) in [6.07, 6.45) is 3.07. The summed E-state index contributed by atoms with van der Waals surface area (Å²) in [6.45, 7) is 4.00. The molecule has 1 rings (SSSR count). The van der Waals surface area contributed by atoms with Crippen molar-refractivity contribution in [1.82, 2.24) is 9.97 Å². The van der Waals surface area contributed by atoms with Crippen molar-refractivity contribution >= 4 is 5.82 Å². The van der Waals surface area contributed by atoms with E-state index in [2.05, 4.69) is 15.3 Å². The molecule has 0 aliphatic carbocycles. The summed E-state index contributed by atoms with van der Waals surface area (Å²) in [5.74, 6) is 0.711. The van der Waals surface area contributed by atoms with Gasteiger partial charge in [0.15, 0.2) is 0 Å². The number of aliphatic hydroxyl groups is 1. The Morgan fingerprint density at radius 1 is 1.58 bits per heavy atom. The average Bonchev–Trinajstić information content (AvgIpc) is 2.04. The molecule has 1 aromatic rings. The summed E-state index contributed by atoms with van der Waals surface area (Å²) in [7, 11) is 0. The van der Waals surface area contributed by atoms with Crippen molar-refractivity contribution in [1.29, 1.82) is 0 Å². The maximum absolute atomic E-state index is 8.91. The first-order valence-electron chi connectivity index (χ1n) is 3.90. The van der Waals surface area contributed by atoms with Crippen molar-refractivity contribution in [2.75, 3.05) is 5.32 Å². The van der Waals surface area contributed by atoms with Crippen LogP contribution in [0.15, 0.2) is 12.5 Å². The lowest BCUT2D eigenvalue weighted by molar-refractivity contribution is 0.281. The number of nitrogens with zero attached hydrogens (tertiary/aromatic N) is 2. The van der Waals surface area contributed by atoms with E-state index in [0.717, 1.165) is 5.56 Å². The van der Waals surface area contributed by atoms with Crippen LogP contribution < -0.4 is 5.32 Å². The number of rotatable bonds is 3. The third kappa shape index (κ3) is 2.17. The molecule has 0 aromatic carbocycles. The van der Waals surface area contributed by atoms with Gasteiger partial charge in [0.05, 0.1) is 6.61 Å². The molecule has 0 spiro atoms. The molecule has 4 nitrogen and oxygen atoms in total. The van der Waals surface area contributed by atoms with E-state index in [1.54, 1.807) is 6.20 Å². The highest BCUT2D eigenvalue weighted by atomic mass is 16.3. The van der Waals surface area contributed by atoms with Gasteiger partial charge < -0.3 is 10.4 Å². The maximum atomic E-state index is 8.91. The van der Waals surface area contributed by atoms with Gasteiger partial charge in [-0.15, -0.1) is 0 Å². The van der Waals surface area contributed by atoms with E-state index in [1.807, 2.05) is 13.8 Å². The highest BCUT2D eigenvalue weighted by Gasteiger charge is 2.02. The fourth-order valence-corrected chi connectivity index (χ4v) is 0.878. The monoisotopic (exact) mass is 167 g/mol. The minimum Gasteiger partial charge on any atom is -0.391 e. The Kier molecular flexibility index (Phi) is 2.99. The van der Waals surface area contributed by atoms with Crippen LogP contribution in [0.4, 0.5) is 5.82 Å². The summed E-state index contributed by atoms with van der Waals surface area (Å²) in [4.78, 5) is 7.82. The van der Waals surface area contributed by atoms with Crippen LogP contribution in [-0.4, -0.2) is 21.1 Å². The molecule has 0 aliphatic heterocycles. The van der Waals surface area contributed by atoms with Gasteiger partial charge in [0, 0.05) is 17.8 Å². The van der Waals surface area contributed by atoms with E-state index in [1.165, 1.54) is 6.33 Å². The zero-order valence-corrected chi connectivity index (χ0v) is 7.28. The molecule has 0 atom stereocenters. The lowest BCUT2D eigenvalue weighted by Crippen LogP contribution is -2.13. The summed E-state index contributed by atoms with van der Waals surface area (Å²) < 4.78 is 0. The molecular weight excluding hydrogens is 154 g/mol. The Balaban J connectivity index is 2.82. The van der Waals surface area contributed by atoms with Gasteiger partial charge >= 0.3 is 0 Å². The second-order valence-corrected chi connectivity index (χ2v) is 2.85. The highest BCUT2D eigenvalue weighted by Crippen LogP contribution is 2.10. The molecule has 66 valence electrons. The van der Waals surface area contributed by atoms with Gasteiger partial charge in [0.1, 0.15) is 12.1 Å². The number of hydrogen-bond acceptors (Lipinski definition) is 4. The van der Waals surface area contributed by atoms with Gasteiger partial charge in [-0.3, -0.25) is 0 Å². The lowest BCUT2D eigenvalue weighted by Gasteiger charge is -2.10. The first kappa shape index (κ1) is 8.93. The molecule has 0 unspecified atom stereocenters. The van der Waals surface area contributed by atoms with E-state index in [0.29, 0.717) is 11.9 Å². The Bertz CT molecular complexity index is 250. The van der Waals surface area contributed by atoms with Crippen molar-refractivity contribution in [3.8, 4) is 0 Å². The fourth-order valence-electron chi connectivity index (χ4n) is 0.878. The molecule has 0 fully saturated rings. The molecule has 4 heteroatoms.